The maximum atomic E-state index is 5.54. The Morgan fingerprint density at radius 2 is 2.36 bits per heavy atom. The number of hydrogen-bond donors (Lipinski definition) is 0. The van der Waals surface area contributed by atoms with E-state index in [4.69, 9.17) is 11.6 Å². The summed E-state index contributed by atoms with van der Waals surface area (Å²) in [5.41, 5.74) is 0. The molecular weight excluding hydrogens is 282 g/mol. The van der Waals surface area contributed by atoms with E-state index in [1.165, 1.54) is 9.35 Å². The molecule has 0 saturated heterocycles. The number of rotatable bonds is 5. The maximum absolute atomic E-state index is 5.54. The first-order valence-corrected chi connectivity index (χ1v) is 6.55. The Labute approximate surface area is 103 Å². The van der Waals surface area contributed by atoms with E-state index in [1.807, 2.05) is 6.08 Å². The van der Waals surface area contributed by atoms with Crippen LogP contribution in [0.1, 0.15) is 4.88 Å². The van der Waals surface area contributed by atoms with Gasteiger partial charge in [0.1, 0.15) is 0 Å². The molecule has 0 spiro atoms. The summed E-state index contributed by atoms with van der Waals surface area (Å²) >= 11 is 10.8. The smallest absolute Gasteiger partial charge is 0.0404 e. The van der Waals surface area contributed by atoms with Crippen molar-refractivity contribution in [2.24, 2.45) is 0 Å². The number of hydrogen-bond acceptors (Lipinski definition) is 2. The van der Waals surface area contributed by atoms with Crippen molar-refractivity contribution in [2.75, 3.05) is 19.5 Å². The normalized spacial score (nSPS) is 11.7. The third-order valence-corrected chi connectivity index (χ3v) is 3.58. The van der Waals surface area contributed by atoms with Crippen LogP contribution in [0.15, 0.2) is 28.1 Å². The number of halogens is 2. The van der Waals surface area contributed by atoms with Gasteiger partial charge in [0, 0.05) is 33.7 Å². The Balaban J connectivity index is 2.33. The molecule has 14 heavy (non-hydrogen) atoms. The van der Waals surface area contributed by atoms with Crippen molar-refractivity contribution >= 4 is 38.9 Å². The van der Waals surface area contributed by atoms with Crippen LogP contribution in [0, 0.1) is 0 Å². The van der Waals surface area contributed by atoms with Gasteiger partial charge in [-0.3, -0.25) is 4.90 Å². The van der Waals surface area contributed by atoms with Gasteiger partial charge in [-0.15, -0.1) is 22.9 Å². The van der Waals surface area contributed by atoms with Gasteiger partial charge < -0.3 is 0 Å². The lowest BCUT2D eigenvalue weighted by molar-refractivity contribution is 0.366. The van der Waals surface area contributed by atoms with E-state index < -0.39 is 0 Å². The summed E-state index contributed by atoms with van der Waals surface area (Å²) in [7, 11) is 2.10. The Hall–Kier alpha value is 0.170. The summed E-state index contributed by atoms with van der Waals surface area (Å²) in [5.74, 6) is 0.596. The molecule has 0 amide bonds. The predicted molar refractivity (Wildman–Crippen MR) is 68.2 cm³/mol. The van der Waals surface area contributed by atoms with Gasteiger partial charge in [0.25, 0.3) is 0 Å². The first-order chi connectivity index (χ1) is 6.72. The fourth-order valence-electron chi connectivity index (χ4n) is 1.08. The number of allylic oxidation sites excluding steroid dienone is 1. The minimum Gasteiger partial charge on any atom is -0.298 e. The van der Waals surface area contributed by atoms with Crippen LogP contribution in [0.2, 0.25) is 0 Å². The van der Waals surface area contributed by atoms with Crippen molar-refractivity contribution in [3.63, 3.8) is 0 Å². The second kappa shape index (κ2) is 6.62. The van der Waals surface area contributed by atoms with Crippen molar-refractivity contribution in [1.29, 1.82) is 0 Å². The molecule has 0 aromatic carbocycles. The van der Waals surface area contributed by atoms with Gasteiger partial charge in [0.2, 0.25) is 0 Å². The SMILES string of the molecule is CN(CC=CCCl)Cc1cc(Br)cs1. The topological polar surface area (TPSA) is 3.24 Å². The predicted octanol–water partition coefficient (Wildman–Crippen LogP) is 3.74. The zero-order chi connectivity index (χ0) is 10.4. The average Bonchev–Trinajstić information content (AvgIpc) is 2.52. The molecule has 0 aliphatic heterocycles. The molecule has 0 N–H and O–H groups in total. The second-order valence-electron chi connectivity index (χ2n) is 3.05. The highest BCUT2D eigenvalue weighted by atomic mass is 79.9. The van der Waals surface area contributed by atoms with E-state index in [0.29, 0.717) is 5.88 Å². The Morgan fingerprint density at radius 1 is 1.57 bits per heavy atom. The molecule has 0 unspecified atom stereocenters. The molecule has 0 aliphatic rings. The monoisotopic (exact) mass is 293 g/mol. The largest absolute Gasteiger partial charge is 0.298 e. The van der Waals surface area contributed by atoms with E-state index in [9.17, 15) is 0 Å². The van der Waals surface area contributed by atoms with Crippen LogP contribution < -0.4 is 0 Å². The standard InChI is InChI=1S/C10H13BrClNS/c1-13(5-3-2-4-12)7-10-6-9(11)8-14-10/h2-3,6,8H,4-5,7H2,1H3. The van der Waals surface area contributed by atoms with Gasteiger partial charge in [-0.2, -0.15) is 0 Å². The molecule has 1 rings (SSSR count). The summed E-state index contributed by atoms with van der Waals surface area (Å²) in [5, 5.41) is 2.11. The van der Waals surface area contributed by atoms with Gasteiger partial charge in [-0.05, 0) is 29.0 Å². The summed E-state index contributed by atoms with van der Waals surface area (Å²) in [6.07, 6.45) is 4.07. The third kappa shape index (κ3) is 4.60. The molecule has 1 nitrogen and oxygen atoms in total. The minimum absolute atomic E-state index is 0.596. The molecule has 0 radical (unpaired) electrons. The third-order valence-electron chi connectivity index (χ3n) is 1.72. The molecule has 0 aliphatic carbocycles. The van der Waals surface area contributed by atoms with Crippen LogP contribution in [0.4, 0.5) is 0 Å². The Morgan fingerprint density at radius 3 is 2.93 bits per heavy atom. The van der Waals surface area contributed by atoms with E-state index >= 15 is 0 Å². The van der Waals surface area contributed by atoms with Gasteiger partial charge in [0.05, 0.1) is 0 Å². The van der Waals surface area contributed by atoms with Crippen molar-refractivity contribution in [3.8, 4) is 0 Å². The quantitative estimate of drug-likeness (QED) is 0.591. The highest BCUT2D eigenvalue weighted by molar-refractivity contribution is 9.10. The van der Waals surface area contributed by atoms with Crippen molar-refractivity contribution in [2.45, 2.75) is 6.54 Å². The number of thiophene rings is 1. The first-order valence-electron chi connectivity index (χ1n) is 4.35. The number of likely N-dealkylation sites (N-methyl/N-ethyl adjacent to an activating group) is 1. The molecule has 1 heterocycles. The van der Waals surface area contributed by atoms with Crippen LogP contribution >= 0.6 is 38.9 Å². The molecule has 0 atom stereocenters. The summed E-state index contributed by atoms with van der Waals surface area (Å²) in [6.45, 7) is 1.94. The average molecular weight is 295 g/mol. The van der Waals surface area contributed by atoms with Gasteiger partial charge in [0.15, 0.2) is 0 Å². The van der Waals surface area contributed by atoms with E-state index in [1.54, 1.807) is 11.3 Å². The molecule has 0 fully saturated rings. The first kappa shape index (κ1) is 12.2. The van der Waals surface area contributed by atoms with Crippen LogP contribution in [-0.4, -0.2) is 24.4 Å². The van der Waals surface area contributed by atoms with E-state index in [0.717, 1.165) is 13.1 Å². The van der Waals surface area contributed by atoms with Gasteiger partial charge in [-0.1, -0.05) is 12.2 Å². The Kier molecular flexibility index (Phi) is 5.78. The lowest BCUT2D eigenvalue weighted by Crippen LogP contribution is -2.16. The molecule has 0 saturated carbocycles. The lowest BCUT2D eigenvalue weighted by Gasteiger charge is -2.12. The van der Waals surface area contributed by atoms with Crippen LogP contribution in [0.5, 0.6) is 0 Å². The summed E-state index contributed by atoms with van der Waals surface area (Å²) in [4.78, 5) is 3.63. The van der Waals surface area contributed by atoms with Gasteiger partial charge >= 0.3 is 0 Å². The van der Waals surface area contributed by atoms with Gasteiger partial charge in [-0.25, -0.2) is 0 Å². The highest BCUT2D eigenvalue weighted by Gasteiger charge is 2.00. The zero-order valence-electron chi connectivity index (χ0n) is 8.04. The van der Waals surface area contributed by atoms with E-state index in [-0.39, 0.29) is 0 Å². The van der Waals surface area contributed by atoms with E-state index in [2.05, 4.69) is 45.4 Å². The summed E-state index contributed by atoms with van der Waals surface area (Å²) in [6, 6.07) is 2.16. The van der Waals surface area contributed by atoms with Crippen LogP contribution in [0.3, 0.4) is 0 Å². The highest BCUT2D eigenvalue weighted by Crippen LogP contribution is 2.20. The Bertz CT molecular complexity index is 298. The molecule has 78 valence electrons. The molecule has 0 bridgehead atoms. The van der Waals surface area contributed by atoms with Crippen molar-refractivity contribution < 1.29 is 0 Å². The van der Waals surface area contributed by atoms with Crippen LogP contribution in [-0.2, 0) is 6.54 Å². The van der Waals surface area contributed by atoms with Crippen molar-refractivity contribution in [1.82, 2.24) is 4.90 Å². The fourth-order valence-corrected chi connectivity index (χ4v) is 2.74. The molecule has 1 aromatic rings. The number of nitrogens with zero attached hydrogens (tertiary/aromatic N) is 1. The molecule has 4 heteroatoms. The minimum atomic E-state index is 0.596. The summed E-state index contributed by atoms with van der Waals surface area (Å²) < 4.78 is 1.17. The molecular formula is C10H13BrClNS. The van der Waals surface area contributed by atoms with Crippen LogP contribution in [0.25, 0.3) is 0 Å². The number of alkyl halides is 1. The molecule has 1 aromatic heterocycles. The maximum Gasteiger partial charge on any atom is 0.0404 e. The second-order valence-corrected chi connectivity index (χ2v) is 5.27. The fraction of sp³-hybridized carbons (Fsp3) is 0.400. The lowest BCUT2D eigenvalue weighted by atomic mass is 10.4. The zero-order valence-corrected chi connectivity index (χ0v) is 11.2. The van der Waals surface area contributed by atoms with Crippen molar-refractivity contribution in [3.05, 3.63) is 32.9 Å².